The summed E-state index contributed by atoms with van der Waals surface area (Å²) < 4.78 is 5.15. The lowest BCUT2D eigenvalue weighted by Crippen LogP contribution is -2.48. The van der Waals surface area contributed by atoms with Crippen LogP contribution in [-0.4, -0.2) is 34.5 Å². The smallest absolute Gasteiger partial charge is 0.338 e. The molecule has 9 heteroatoms. The van der Waals surface area contributed by atoms with Crippen molar-refractivity contribution in [2.24, 2.45) is 0 Å². The van der Waals surface area contributed by atoms with Gasteiger partial charge in [-0.15, -0.1) is 0 Å². The molecule has 1 aliphatic heterocycles. The minimum atomic E-state index is -0.840. The van der Waals surface area contributed by atoms with Gasteiger partial charge in [0.1, 0.15) is 5.02 Å². The average molecular weight is 380 g/mol. The van der Waals surface area contributed by atoms with E-state index in [-0.39, 0.29) is 35.0 Å². The molecule has 0 bridgehead atoms. The lowest BCUT2D eigenvalue weighted by molar-refractivity contribution is -0.384. The molecule has 3 rings (SSSR count). The normalized spacial score (nSPS) is 20.0. The fourth-order valence-electron chi connectivity index (χ4n) is 3.10. The van der Waals surface area contributed by atoms with Gasteiger partial charge in [0.2, 0.25) is 0 Å². The number of carbonyl (C=O) groups excluding carboxylic acids is 2. The molecule has 1 fully saturated rings. The van der Waals surface area contributed by atoms with Gasteiger partial charge < -0.3 is 10.1 Å². The minimum absolute atomic E-state index is 0.0149. The molecule has 1 atom stereocenters. The van der Waals surface area contributed by atoms with Crippen molar-refractivity contribution in [2.45, 2.75) is 38.8 Å². The summed E-state index contributed by atoms with van der Waals surface area (Å²) in [5, 5.41) is 13.9. The van der Waals surface area contributed by atoms with Crippen LogP contribution < -0.4 is 5.32 Å². The second-order valence-corrected chi connectivity index (χ2v) is 6.58. The van der Waals surface area contributed by atoms with E-state index in [2.05, 4.69) is 5.32 Å². The highest BCUT2D eigenvalue weighted by Gasteiger charge is 2.42. The van der Waals surface area contributed by atoms with Gasteiger partial charge in [-0.3, -0.25) is 15.0 Å². The Morgan fingerprint density at radius 2 is 2.15 bits per heavy atom. The first kappa shape index (κ1) is 18.2. The van der Waals surface area contributed by atoms with Crippen molar-refractivity contribution in [1.29, 1.82) is 0 Å². The molecule has 0 spiro atoms. The van der Waals surface area contributed by atoms with Crippen LogP contribution in [0.2, 0.25) is 5.02 Å². The number of nitrogens with zero attached hydrogens (tertiary/aromatic N) is 2. The number of carbonyl (C=O) groups is 2. The molecular weight excluding hydrogens is 362 g/mol. The van der Waals surface area contributed by atoms with Gasteiger partial charge in [0.15, 0.2) is 0 Å². The molecule has 2 aliphatic rings. The first-order chi connectivity index (χ1) is 12.3. The van der Waals surface area contributed by atoms with Gasteiger partial charge in [-0.2, -0.15) is 0 Å². The second-order valence-electron chi connectivity index (χ2n) is 6.17. The minimum Gasteiger partial charge on any atom is -0.463 e. The number of nitro benzene ring substituents is 1. The summed E-state index contributed by atoms with van der Waals surface area (Å²) in [6.45, 7) is 3.57. The van der Waals surface area contributed by atoms with Crippen LogP contribution in [-0.2, 0) is 9.53 Å². The van der Waals surface area contributed by atoms with Gasteiger partial charge in [-0.25, -0.2) is 9.59 Å². The number of rotatable bonds is 5. The highest BCUT2D eigenvalue weighted by Crippen LogP contribution is 2.39. The van der Waals surface area contributed by atoms with Crippen molar-refractivity contribution in [3.05, 3.63) is 50.2 Å². The van der Waals surface area contributed by atoms with Gasteiger partial charge in [0, 0.05) is 17.8 Å². The number of nitrogens with one attached hydrogen (secondary N) is 1. The number of benzene rings is 1. The van der Waals surface area contributed by atoms with Crippen LogP contribution in [0, 0.1) is 10.1 Å². The average Bonchev–Trinajstić information content (AvgIpc) is 3.39. The zero-order valence-electron chi connectivity index (χ0n) is 14.3. The topological polar surface area (TPSA) is 102 Å². The summed E-state index contributed by atoms with van der Waals surface area (Å²) in [5.41, 5.74) is 0.892. The fraction of sp³-hybridized carbons (Fsp3) is 0.412. The van der Waals surface area contributed by atoms with Crippen molar-refractivity contribution < 1.29 is 19.2 Å². The van der Waals surface area contributed by atoms with E-state index in [1.165, 1.54) is 12.1 Å². The van der Waals surface area contributed by atoms with Crippen molar-refractivity contribution >= 4 is 29.3 Å². The Morgan fingerprint density at radius 1 is 1.46 bits per heavy atom. The van der Waals surface area contributed by atoms with Gasteiger partial charge in [-0.1, -0.05) is 17.7 Å². The molecule has 0 aromatic heterocycles. The first-order valence-electron chi connectivity index (χ1n) is 8.26. The van der Waals surface area contributed by atoms with Gasteiger partial charge in [0.25, 0.3) is 5.69 Å². The monoisotopic (exact) mass is 379 g/mol. The van der Waals surface area contributed by atoms with E-state index in [9.17, 15) is 19.7 Å². The number of halogens is 1. The van der Waals surface area contributed by atoms with Crippen LogP contribution in [0.4, 0.5) is 10.5 Å². The van der Waals surface area contributed by atoms with Crippen molar-refractivity contribution in [2.75, 3.05) is 6.61 Å². The van der Waals surface area contributed by atoms with Crippen molar-refractivity contribution in [3.63, 3.8) is 0 Å². The number of amides is 2. The molecular formula is C17H18ClN3O5. The third kappa shape index (κ3) is 3.24. The number of hydrogen-bond acceptors (Lipinski definition) is 5. The highest BCUT2D eigenvalue weighted by atomic mass is 35.5. The Kier molecular flexibility index (Phi) is 4.86. The van der Waals surface area contributed by atoms with Crippen LogP contribution in [0.5, 0.6) is 0 Å². The van der Waals surface area contributed by atoms with Crippen molar-refractivity contribution in [3.8, 4) is 0 Å². The van der Waals surface area contributed by atoms with Gasteiger partial charge >= 0.3 is 12.0 Å². The van der Waals surface area contributed by atoms with E-state index in [0.717, 1.165) is 12.8 Å². The Morgan fingerprint density at radius 3 is 2.73 bits per heavy atom. The first-order valence-corrected chi connectivity index (χ1v) is 8.64. The molecule has 1 aliphatic carbocycles. The summed E-state index contributed by atoms with van der Waals surface area (Å²) >= 11 is 5.87. The molecule has 1 heterocycles. The van der Waals surface area contributed by atoms with E-state index in [1.807, 2.05) is 0 Å². The van der Waals surface area contributed by atoms with Crippen molar-refractivity contribution in [1.82, 2.24) is 10.2 Å². The molecule has 1 aromatic rings. The van der Waals surface area contributed by atoms with Crippen LogP contribution >= 0.6 is 11.6 Å². The third-order valence-electron chi connectivity index (χ3n) is 4.43. The zero-order valence-corrected chi connectivity index (χ0v) is 15.1. The molecule has 0 unspecified atom stereocenters. The summed E-state index contributed by atoms with van der Waals surface area (Å²) in [6.07, 6.45) is 1.75. The third-order valence-corrected chi connectivity index (χ3v) is 4.75. The molecule has 1 saturated carbocycles. The molecule has 1 N–H and O–H groups in total. The molecule has 138 valence electrons. The van der Waals surface area contributed by atoms with E-state index in [1.54, 1.807) is 24.8 Å². The van der Waals surface area contributed by atoms with Gasteiger partial charge in [0.05, 0.1) is 23.1 Å². The summed E-state index contributed by atoms with van der Waals surface area (Å²) in [6, 6.07) is 3.10. The van der Waals surface area contributed by atoms with Gasteiger partial charge in [-0.05, 0) is 38.3 Å². The Labute approximate surface area is 154 Å². The largest absolute Gasteiger partial charge is 0.463 e. The number of nitro groups is 1. The highest BCUT2D eigenvalue weighted by molar-refractivity contribution is 6.32. The molecule has 2 amide bonds. The molecule has 26 heavy (non-hydrogen) atoms. The lowest BCUT2D eigenvalue weighted by atomic mass is 9.94. The van der Waals surface area contributed by atoms with Crippen LogP contribution in [0.25, 0.3) is 0 Å². The lowest BCUT2D eigenvalue weighted by Gasteiger charge is -2.35. The number of hydrogen-bond donors (Lipinski definition) is 1. The van der Waals surface area contributed by atoms with E-state index in [0.29, 0.717) is 11.3 Å². The number of urea groups is 1. The van der Waals surface area contributed by atoms with E-state index < -0.39 is 16.9 Å². The molecule has 8 nitrogen and oxygen atoms in total. The summed E-state index contributed by atoms with van der Waals surface area (Å²) in [7, 11) is 0. The maximum absolute atomic E-state index is 12.6. The number of ether oxygens (including phenoxy) is 1. The van der Waals surface area contributed by atoms with E-state index in [4.69, 9.17) is 16.3 Å². The Balaban J connectivity index is 2.09. The van der Waals surface area contributed by atoms with E-state index >= 15 is 0 Å². The fourth-order valence-corrected chi connectivity index (χ4v) is 3.29. The maximum Gasteiger partial charge on any atom is 0.338 e. The summed E-state index contributed by atoms with van der Waals surface area (Å²) in [5.74, 6) is -0.557. The van der Waals surface area contributed by atoms with Crippen LogP contribution in [0.15, 0.2) is 29.5 Å². The SMILES string of the molecule is CCOC(=O)C1=C(C)N(C2CC2)C(=O)N[C@H]1c1ccc(Cl)c([N+](=O)[O-])c1. The maximum atomic E-state index is 12.6. The molecule has 0 saturated heterocycles. The summed E-state index contributed by atoms with van der Waals surface area (Å²) in [4.78, 5) is 37.2. The predicted octanol–water partition coefficient (Wildman–Crippen LogP) is 3.31. The van der Waals surface area contributed by atoms with Crippen LogP contribution in [0.3, 0.4) is 0 Å². The molecule has 1 aromatic carbocycles. The Hall–Kier alpha value is -2.61. The zero-order chi connectivity index (χ0) is 19.0. The number of allylic oxidation sites excluding steroid dienone is 1. The quantitative estimate of drug-likeness (QED) is 0.480. The van der Waals surface area contributed by atoms with Crippen LogP contribution in [0.1, 0.15) is 38.3 Å². The number of esters is 1. The standard InChI is InChI=1S/C17H18ClN3O5/c1-3-26-16(22)14-9(2)20(11-5-6-11)17(23)19-15(14)10-4-7-12(18)13(8-10)21(24)25/h4,7-8,11,15H,3,5-6H2,1-2H3,(H,19,23)/t15-/m0/s1. The Bertz CT molecular complexity index is 819. The predicted molar refractivity (Wildman–Crippen MR) is 93.6 cm³/mol. The second kappa shape index (κ2) is 6.95. The molecule has 0 radical (unpaired) electrons.